The van der Waals surface area contributed by atoms with E-state index in [0.717, 1.165) is 124 Å². The molecule has 12 saturated carbocycles. The smallest absolute Gasteiger partial charge is 1.00 e. The Kier molecular flexibility index (Phi) is 33.0. The summed E-state index contributed by atoms with van der Waals surface area (Å²) in [6, 6.07) is 15.5. The largest absolute Gasteiger partial charge is 1.00 e. The van der Waals surface area contributed by atoms with Gasteiger partial charge in [-0.3, -0.25) is 0 Å². The third-order valence-corrected chi connectivity index (χ3v) is 58.1. The van der Waals surface area contributed by atoms with E-state index in [1.165, 1.54) is 111 Å². The molecule has 29 unspecified atom stereocenters. The molecular formula is C111H174Cl2Li2Si4Zr+2. The standard InChI is InChI=1S/2C30H52Si.C30H36Si.C19H28Si.2CH3.2ClH.2Li.Zr/c3*1-5-19(2)25-18-30(28-17-23-11-7-10-22(23)16-27(25)28)31(3,4)29-13-12-24-14-20-8-6-9-21(20)15-26(24)29;1-6-13(2)16-12-19(20(3,4)5)18-11-15-9-7-8-14(15)10-17(16)18;;;;;;;/h2*19-30H,5-18H2,1-4H3;12-19,29-30H,5-11H2,1-4H3;10-13,19H,6-9H2,1-5H3;2*1H3;2*1H;;;/q;;;;2*-1;;;2*+1;+4/p-2. The van der Waals surface area contributed by atoms with Crippen molar-refractivity contribution in [2.24, 2.45) is 130 Å². The summed E-state index contributed by atoms with van der Waals surface area (Å²) >= 11 is -0.826. The normalized spacial score (nSPS) is 37.1. The van der Waals surface area contributed by atoms with Gasteiger partial charge in [-0.1, -0.05) is 291 Å². The number of halogens is 2. The third-order valence-electron chi connectivity index (χ3n) is 41.2. The van der Waals surface area contributed by atoms with Crippen molar-refractivity contribution in [1.29, 1.82) is 0 Å². The van der Waals surface area contributed by atoms with Gasteiger partial charge in [-0.2, -0.15) is 0 Å². The molecule has 0 saturated heterocycles. The Morgan fingerprint density at radius 2 is 0.658 bits per heavy atom. The van der Waals surface area contributed by atoms with E-state index in [0.29, 0.717) is 22.9 Å². The summed E-state index contributed by atoms with van der Waals surface area (Å²) in [5.74, 6) is 23.7. The number of benzene rings is 3. The van der Waals surface area contributed by atoms with E-state index >= 15 is 0 Å². The Morgan fingerprint density at radius 3 is 1.02 bits per heavy atom. The molecule has 652 valence electrons. The van der Waals surface area contributed by atoms with Crippen LogP contribution in [0.2, 0.25) is 81.1 Å². The quantitative estimate of drug-likeness (QED) is 0.105. The number of hydrogen-bond donors (Lipinski definition) is 0. The topological polar surface area (TPSA) is 0 Å². The van der Waals surface area contributed by atoms with Crippen LogP contribution in [-0.2, 0) is 59.4 Å². The Bertz CT molecular complexity index is 3940. The zero-order valence-electron chi connectivity index (χ0n) is 81.3. The second-order valence-electron chi connectivity index (χ2n) is 48.1. The van der Waals surface area contributed by atoms with Crippen molar-refractivity contribution in [2.75, 3.05) is 0 Å². The predicted molar refractivity (Wildman–Crippen MR) is 525 cm³/mol. The summed E-state index contributed by atoms with van der Waals surface area (Å²) in [7, 11) is 4.53. The third kappa shape index (κ3) is 18.7. The number of rotatable bonds is 15. The van der Waals surface area contributed by atoms with E-state index in [9.17, 15) is 0 Å². The molecule has 18 aliphatic rings. The summed E-state index contributed by atoms with van der Waals surface area (Å²) < 4.78 is 0. The van der Waals surface area contributed by atoms with Gasteiger partial charge < -0.3 is 14.9 Å². The van der Waals surface area contributed by atoms with Crippen LogP contribution >= 0.6 is 17.0 Å². The molecule has 18 aliphatic carbocycles. The van der Waals surface area contributed by atoms with Crippen molar-refractivity contribution < 1.29 is 58.6 Å². The van der Waals surface area contributed by atoms with Gasteiger partial charge in [-0.25, -0.2) is 0 Å². The number of fused-ring (bicyclic) bond motifs is 14. The van der Waals surface area contributed by atoms with Crippen molar-refractivity contribution in [3.05, 3.63) is 136 Å². The van der Waals surface area contributed by atoms with E-state index in [-0.39, 0.29) is 52.6 Å². The van der Waals surface area contributed by atoms with Crippen LogP contribution in [0.25, 0.3) is 17.2 Å². The average Bonchev–Trinajstić information content (AvgIpc) is 1.49. The van der Waals surface area contributed by atoms with Gasteiger partial charge in [0.25, 0.3) is 0 Å². The minimum Gasteiger partial charge on any atom is 1.00 e. The van der Waals surface area contributed by atoms with E-state index in [2.05, 4.69) is 175 Å². The predicted octanol–water partition coefficient (Wildman–Crippen LogP) is 28.0. The Labute approximate surface area is 787 Å². The molecule has 12 fully saturated rings. The van der Waals surface area contributed by atoms with Crippen LogP contribution in [0.15, 0.2) is 54.6 Å². The molecule has 9 heteroatoms. The van der Waals surface area contributed by atoms with Crippen molar-refractivity contribution in [1.82, 2.24) is 0 Å². The molecule has 0 heterocycles. The number of aryl methyl sites for hydroxylation is 6. The van der Waals surface area contributed by atoms with Crippen molar-refractivity contribution in [2.45, 2.75) is 404 Å². The van der Waals surface area contributed by atoms with Gasteiger partial charge in [-0.15, -0.1) is 0 Å². The van der Waals surface area contributed by atoms with Gasteiger partial charge in [0.05, 0.1) is 32.3 Å². The average molecular weight is 1800 g/mol. The van der Waals surface area contributed by atoms with E-state index in [1.807, 2.05) is 0 Å². The van der Waals surface area contributed by atoms with Crippen LogP contribution in [0, 0.1) is 145 Å². The second-order valence-corrected chi connectivity index (χ2v) is 72.4. The van der Waals surface area contributed by atoms with Crippen LogP contribution in [0.5, 0.6) is 0 Å². The van der Waals surface area contributed by atoms with Gasteiger partial charge >= 0.3 is 75.6 Å². The van der Waals surface area contributed by atoms with Crippen molar-refractivity contribution in [3.63, 3.8) is 0 Å². The fourth-order valence-corrected chi connectivity index (χ4v) is 50.4. The Morgan fingerprint density at radius 1 is 0.333 bits per heavy atom. The number of allylic oxidation sites excluding steroid dienone is 5. The monoisotopic (exact) mass is 1790 g/mol. The van der Waals surface area contributed by atoms with Crippen molar-refractivity contribution in [3.8, 4) is 0 Å². The summed E-state index contributed by atoms with van der Waals surface area (Å²) in [6.07, 6.45) is 69.5. The Balaban J connectivity index is 0.000000137. The van der Waals surface area contributed by atoms with Crippen LogP contribution in [0.3, 0.4) is 0 Å². The molecule has 0 aromatic heterocycles. The Hall–Kier alpha value is 0.405. The maximum absolute atomic E-state index is 4.93. The number of hydrogen-bond acceptors (Lipinski definition) is 0. The zero-order valence-corrected chi connectivity index (χ0v) is 89.3. The van der Waals surface area contributed by atoms with Gasteiger partial charge in [0.15, 0.2) is 0 Å². The molecule has 29 atom stereocenters. The molecule has 120 heavy (non-hydrogen) atoms. The van der Waals surface area contributed by atoms with E-state index in [4.69, 9.17) is 17.0 Å². The molecule has 0 nitrogen and oxygen atoms in total. The molecule has 3 aromatic carbocycles. The minimum absolute atomic E-state index is 0. The van der Waals surface area contributed by atoms with Crippen LogP contribution in [0.4, 0.5) is 0 Å². The maximum Gasteiger partial charge on any atom is 1.00 e. The SMILES string of the molecule is CCC(C)C1=CC([Si](C)(C)C)c2cc3c(cc21)CCC3.CCC(C)C1=CC([Si](C)(C)C2C=Cc3cc4c(cc32)CCC4)c2cc3c(cc21)CCC3.CCC(C)C1CC([Si](C)(C)C2CCC3CC4CCCC4CC32)C2CC3CCCC3CC12.CCC(C)C1CC([Si](C)(C)C2CCC3CC4CCCC4CC32)C2CC3CCCC3CC12.[CH3-].[CH3-].[Cl][Zr+2][Cl].[Li+].[Li+]. The zero-order chi connectivity index (χ0) is 81.2. The van der Waals surface area contributed by atoms with Crippen molar-refractivity contribution >= 4 is 66.5 Å². The maximum atomic E-state index is 4.93. The molecular weight excluding hydrogens is 1620 g/mol. The van der Waals surface area contributed by atoms with E-state index in [1.54, 1.807) is 239 Å². The van der Waals surface area contributed by atoms with Crippen LogP contribution in [-0.4, -0.2) is 32.3 Å². The van der Waals surface area contributed by atoms with Crippen LogP contribution in [0.1, 0.15) is 351 Å². The summed E-state index contributed by atoms with van der Waals surface area (Å²) in [6.45, 7) is 44.4. The molecule has 0 aliphatic heterocycles. The van der Waals surface area contributed by atoms with Gasteiger partial charge in [0.2, 0.25) is 0 Å². The molecule has 0 radical (unpaired) electrons. The molecule has 0 N–H and O–H groups in total. The minimum atomic E-state index is -1.67. The summed E-state index contributed by atoms with van der Waals surface area (Å²) in [5.41, 5.74) is 29.5. The first kappa shape index (κ1) is 97.9. The first-order valence-electron chi connectivity index (χ1n) is 51.3. The van der Waals surface area contributed by atoms with Crippen LogP contribution < -0.4 is 37.7 Å². The second kappa shape index (κ2) is 40.5. The van der Waals surface area contributed by atoms with Gasteiger partial charge in [-0.05, 0) is 382 Å². The molecule has 0 spiro atoms. The fraction of sp³-hybridized carbons (Fsp3) is 0.766. The molecule has 3 aromatic rings. The fourth-order valence-electron chi connectivity index (χ4n) is 34.2. The molecule has 0 amide bonds. The summed E-state index contributed by atoms with van der Waals surface area (Å²) in [4.78, 5) is 0. The van der Waals surface area contributed by atoms with E-state index < -0.39 is 53.1 Å². The first-order chi connectivity index (χ1) is 55.7. The summed E-state index contributed by atoms with van der Waals surface area (Å²) in [5, 5.41) is 0. The van der Waals surface area contributed by atoms with Gasteiger partial charge in [0.1, 0.15) is 0 Å². The first-order valence-corrected chi connectivity index (χ1v) is 70.7. The molecule has 21 rings (SSSR count). The molecule has 0 bridgehead atoms. The van der Waals surface area contributed by atoms with Gasteiger partial charge in [0, 0.05) is 0 Å².